The van der Waals surface area contributed by atoms with Gasteiger partial charge in [0.15, 0.2) is 0 Å². The Morgan fingerprint density at radius 2 is 1.88 bits per heavy atom. The van der Waals surface area contributed by atoms with Crippen molar-refractivity contribution in [2.24, 2.45) is 13.0 Å². The van der Waals surface area contributed by atoms with Gasteiger partial charge in [0, 0.05) is 32.5 Å². The number of benzene rings is 1. The molecule has 0 unspecified atom stereocenters. The SMILES string of the molecule is Cn1cc(C(=O)NCc2ccccn2)c(CC2CCN(C(=O)Cc3ccc(F)cc3)CC2)n1. The van der Waals surface area contributed by atoms with Gasteiger partial charge in [-0.3, -0.25) is 19.3 Å². The molecule has 1 fully saturated rings. The van der Waals surface area contributed by atoms with Crippen molar-refractivity contribution in [1.29, 1.82) is 0 Å². The van der Waals surface area contributed by atoms with Crippen LogP contribution in [0.3, 0.4) is 0 Å². The van der Waals surface area contributed by atoms with Crippen molar-refractivity contribution in [3.63, 3.8) is 0 Å². The fraction of sp³-hybridized carbons (Fsp3) is 0.360. The summed E-state index contributed by atoms with van der Waals surface area (Å²) < 4.78 is 14.7. The van der Waals surface area contributed by atoms with Crippen molar-refractivity contribution < 1.29 is 14.0 Å². The van der Waals surface area contributed by atoms with Crippen LogP contribution in [0.15, 0.2) is 54.9 Å². The predicted molar refractivity (Wildman–Crippen MR) is 122 cm³/mol. The van der Waals surface area contributed by atoms with E-state index in [0.29, 0.717) is 37.5 Å². The Balaban J connectivity index is 1.30. The summed E-state index contributed by atoms with van der Waals surface area (Å²) in [5, 5.41) is 7.45. The van der Waals surface area contributed by atoms with Crippen LogP contribution in [0.4, 0.5) is 4.39 Å². The molecule has 1 aliphatic rings. The Morgan fingerprint density at radius 3 is 2.58 bits per heavy atom. The van der Waals surface area contributed by atoms with Gasteiger partial charge in [0.2, 0.25) is 5.91 Å². The second-order valence-electron chi connectivity index (χ2n) is 8.50. The highest BCUT2D eigenvalue weighted by atomic mass is 19.1. The number of aryl methyl sites for hydroxylation is 1. The fourth-order valence-corrected chi connectivity index (χ4v) is 4.19. The molecule has 8 heteroatoms. The summed E-state index contributed by atoms with van der Waals surface area (Å²) in [6, 6.07) is 11.7. The third-order valence-corrected chi connectivity index (χ3v) is 6.02. The van der Waals surface area contributed by atoms with Crippen LogP contribution in [0.1, 0.15) is 40.2 Å². The van der Waals surface area contributed by atoms with Crippen LogP contribution in [0.25, 0.3) is 0 Å². The molecule has 3 aromatic rings. The van der Waals surface area contributed by atoms with E-state index in [2.05, 4.69) is 15.4 Å². The number of carbonyl (C=O) groups excluding carboxylic acids is 2. The van der Waals surface area contributed by atoms with E-state index < -0.39 is 0 Å². The van der Waals surface area contributed by atoms with Crippen molar-refractivity contribution in [3.05, 3.63) is 83.2 Å². The zero-order chi connectivity index (χ0) is 23.2. The van der Waals surface area contributed by atoms with Gasteiger partial charge in [-0.25, -0.2) is 4.39 Å². The lowest BCUT2D eigenvalue weighted by Gasteiger charge is -2.32. The summed E-state index contributed by atoms with van der Waals surface area (Å²) in [7, 11) is 1.82. The van der Waals surface area contributed by atoms with E-state index in [9.17, 15) is 14.0 Å². The maximum atomic E-state index is 13.1. The van der Waals surface area contributed by atoms with Crippen LogP contribution >= 0.6 is 0 Å². The number of aromatic nitrogens is 3. The lowest BCUT2D eigenvalue weighted by molar-refractivity contribution is -0.131. The van der Waals surface area contributed by atoms with Crippen molar-refractivity contribution >= 4 is 11.8 Å². The number of likely N-dealkylation sites (tertiary alicyclic amines) is 1. The van der Waals surface area contributed by atoms with Gasteiger partial charge in [-0.1, -0.05) is 18.2 Å². The number of hydrogen-bond donors (Lipinski definition) is 1. The van der Waals surface area contributed by atoms with E-state index in [1.54, 1.807) is 29.2 Å². The molecule has 4 rings (SSSR count). The summed E-state index contributed by atoms with van der Waals surface area (Å²) in [6.45, 7) is 1.72. The van der Waals surface area contributed by atoms with Gasteiger partial charge < -0.3 is 10.2 Å². The molecule has 0 atom stereocenters. The third-order valence-electron chi connectivity index (χ3n) is 6.02. The highest BCUT2D eigenvalue weighted by Crippen LogP contribution is 2.23. The highest BCUT2D eigenvalue weighted by Gasteiger charge is 2.25. The summed E-state index contributed by atoms with van der Waals surface area (Å²) in [6.07, 6.45) is 6.17. The van der Waals surface area contributed by atoms with Gasteiger partial charge in [-0.2, -0.15) is 5.10 Å². The number of halogens is 1. The summed E-state index contributed by atoms with van der Waals surface area (Å²) in [4.78, 5) is 31.5. The number of amides is 2. The Kier molecular flexibility index (Phi) is 7.12. The minimum absolute atomic E-state index is 0.0625. The van der Waals surface area contributed by atoms with Gasteiger partial charge in [0.1, 0.15) is 5.82 Å². The maximum absolute atomic E-state index is 13.1. The molecule has 3 heterocycles. The first-order valence-electron chi connectivity index (χ1n) is 11.2. The zero-order valence-corrected chi connectivity index (χ0v) is 18.7. The number of pyridine rings is 1. The van der Waals surface area contributed by atoms with Gasteiger partial charge in [-0.05, 0) is 55.0 Å². The van der Waals surface area contributed by atoms with E-state index in [1.807, 2.05) is 30.1 Å². The molecule has 2 amide bonds. The van der Waals surface area contributed by atoms with Crippen LogP contribution in [0, 0.1) is 11.7 Å². The topological polar surface area (TPSA) is 80.1 Å². The predicted octanol–water partition coefficient (Wildman–Crippen LogP) is 2.91. The van der Waals surface area contributed by atoms with Gasteiger partial charge in [-0.15, -0.1) is 0 Å². The molecule has 33 heavy (non-hydrogen) atoms. The second kappa shape index (κ2) is 10.4. The lowest BCUT2D eigenvalue weighted by Crippen LogP contribution is -2.39. The third kappa shape index (κ3) is 6.03. The van der Waals surface area contributed by atoms with Crippen LogP contribution in [0.5, 0.6) is 0 Å². The minimum atomic E-state index is -0.300. The number of nitrogens with zero attached hydrogens (tertiary/aromatic N) is 4. The normalized spacial score (nSPS) is 14.3. The summed E-state index contributed by atoms with van der Waals surface area (Å²) in [5.74, 6) is -0.0356. The first-order chi connectivity index (χ1) is 16.0. The van der Waals surface area contributed by atoms with Crippen molar-refractivity contribution in [2.45, 2.75) is 32.2 Å². The number of piperidine rings is 1. The van der Waals surface area contributed by atoms with E-state index in [4.69, 9.17) is 0 Å². The molecule has 1 aromatic carbocycles. The van der Waals surface area contributed by atoms with E-state index in [0.717, 1.165) is 29.8 Å². The highest BCUT2D eigenvalue weighted by molar-refractivity contribution is 5.95. The largest absolute Gasteiger partial charge is 0.346 e. The van der Waals surface area contributed by atoms with Crippen LogP contribution < -0.4 is 5.32 Å². The molecule has 2 aromatic heterocycles. The van der Waals surface area contributed by atoms with Gasteiger partial charge in [0.05, 0.1) is 29.9 Å². The number of nitrogens with one attached hydrogen (secondary N) is 1. The summed E-state index contributed by atoms with van der Waals surface area (Å²) in [5.41, 5.74) is 2.99. The number of carbonyl (C=O) groups is 2. The molecule has 0 saturated carbocycles. The molecule has 0 radical (unpaired) electrons. The van der Waals surface area contributed by atoms with E-state index in [-0.39, 0.29) is 24.1 Å². The monoisotopic (exact) mass is 449 g/mol. The lowest BCUT2D eigenvalue weighted by atomic mass is 9.91. The molecule has 172 valence electrons. The molecule has 1 aliphatic heterocycles. The molecule has 0 bridgehead atoms. The Labute approximate surface area is 192 Å². The number of rotatable bonds is 7. The quantitative estimate of drug-likeness (QED) is 0.602. The summed E-state index contributed by atoms with van der Waals surface area (Å²) >= 11 is 0. The van der Waals surface area contributed by atoms with Crippen LogP contribution in [-0.4, -0.2) is 44.6 Å². The molecule has 7 nitrogen and oxygen atoms in total. The smallest absolute Gasteiger partial charge is 0.255 e. The van der Waals surface area contributed by atoms with Crippen LogP contribution in [0.2, 0.25) is 0 Å². The Bertz CT molecular complexity index is 1090. The molecular weight excluding hydrogens is 421 g/mol. The van der Waals surface area contributed by atoms with Gasteiger partial charge in [0.25, 0.3) is 5.91 Å². The zero-order valence-electron chi connectivity index (χ0n) is 18.7. The molecular formula is C25H28FN5O2. The first kappa shape index (κ1) is 22.6. The molecule has 0 aliphatic carbocycles. The Hall–Kier alpha value is -3.55. The van der Waals surface area contributed by atoms with E-state index in [1.165, 1.54) is 12.1 Å². The van der Waals surface area contributed by atoms with Crippen molar-refractivity contribution in [2.75, 3.05) is 13.1 Å². The molecule has 1 saturated heterocycles. The molecule has 0 spiro atoms. The van der Waals surface area contributed by atoms with Gasteiger partial charge >= 0.3 is 0 Å². The minimum Gasteiger partial charge on any atom is -0.346 e. The second-order valence-corrected chi connectivity index (χ2v) is 8.50. The Morgan fingerprint density at radius 1 is 1.12 bits per heavy atom. The average Bonchev–Trinajstić information content (AvgIpc) is 3.20. The van der Waals surface area contributed by atoms with Crippen molar-refractivity contribution in [3.8, 4) is 0 Å². The average molecular weight is 450 g/mol. The van der Waals surface area contributed by atoms with Crippen LogP contribution in [-0.2, 0) is 31.2 Å². The number of hydrogen-bond acceptors (Lipinski definition) is 4. The first-order valence-corrected chi connectivity index (χ1v) is 11.2. The maximum Gasteiger partial charge on any atom is 0.255 e. The standard InChI is InChI=1S/C25H28FN5O2/c1-30-17-22(25(33)28-16-21-4-2-3-11-27-21)23(29-30)14-19-9-12-31(13-10-19)24(32)15-18-5-7-20(26)8-6-18/h2-8,11,17,19H,9-10,12-16H2,1H3,(H,28,33). The van der Waals surface area contributed by atoms with Crippen molar-refractivity contribution in [1.82, 2.24) is 25.0 Å². The fourth-order valence-electron chi connectivity index (χ4n) is 4.19. The van der Waals surface area contributed by atoms with E-state index >= 15 is 0 Å². The molecule has 1 N–H and O–H groups in total.